The minimum atomic E-state index is -1.20. The highest BCUT2D eigenvalue weighted by Gasteiger charge is 2.53. The quantitative estimate of drug-likeness (QED) is 0.308. The zero-order chi connectivity index (χ0) is 28.1. The molecule has 2 rings (SSSR count). The predicted octanol–water partition coefficient (Wildman–Crippen LogP) is 3.46. The number of rotatable bonds is 10. The summed E-state index contributed by atoms with van der Waals surface area (Å²) in [7, 11) is 0. The fourth-order valence-electron chi connectivity index (χ4n) is 5.25. The number of ether oxygens (including phenoxy) is 5. The molecule has 0 aromatic rings. The van der Waals surface area contributed by atoms with Crippen LogP contribution in [0.5, 0.6) is 0 Å². The Morgan fingerprint density at radius 3 is 2.00 bits per heavy atom. The molecule has 7 atom stereocenters. The van der Waals surface area contributed by atoms with Crippen LogP contribution in [0.2, 0.25) is 0 Å². The summed E-state index contributed by atoms with van der Waals surface area (Å²) in [5.74, 6) is -1.80. The SMILES string of the molecule is CC(=O)CCC[C@]1(C)CC[C@H](C(C)(C)O[C@@H]2O[C@H](C)[C@H](OC(C)=O)[C@H](OC(C)=O)[C@H]2OC(C)=O)CC1=O. The molecule has 1 saturated heterocycles. The van der Waals surface area contributed by atoms with Crippen LogP contribution in [0.4, 0.5) is 0 Å². The van der Waals surface area contributed by atoms with E-state index in [0.717, 1.165) is 6.42 Å². The molecule has 0 aromatic carbocycles. The van der Waals surface area contributed by atoms with Crippen LogP contribution >= 0.6 is 0 Å². The van der Waals surface area contributed by atoms with Gasteiger partial charge in [0.2, 0.25) is 0 Å². The molecular formula is C27H42O10. The number of carbonyl (C=O) groups is 5. The standard InChI is InChI=1S/C27H42O10/c1-15(28)10-9-12-27(8)13-11-20(14-21(27)32)26(6,7)37-25-24(36-19(5)31)23(35-18(4)30)22(16(2)33-25)34-17(3)29/h16,20,22-25H,9-14H2,1-8H3/t16-,20+,22+,23+,24-,25+,27-/m1/s1. The van der Waals surface area contributed by atoms with Crippen molar-refractivity contribution >= 4 is 29.5 Å². The average molecular weight is 527 g/mol. The first-order chi connectivity index (χ1) is 17.1. The van der Waals surface area contributed by atoms with Crippen LogP contribution in [0.15, 0.2) is 0 Å². The summed E-state index contributed by atoms with van der Waals surface area (Å²) in [6.45, 7) is 12.5. The number of ketones is 2. The van der Waals surface area contributed by atoms with Gasteiger partial charge in [-0.1, -0.05) is 6.92 Å². The van der Waals surface area contributed by atoms with Gasteiger partial charge in [0.1, 0.15) is 11.6 Å². The summed E-state index contributed by atoms with van der Waals surface area (Å²) in [5.41, 5.74) is -1.34. The van der Waals surface area contributed by atoms with Crippen LogP contribution in [0, 0.1) is 11.3 Å². The zero-order valence-corrected chi connectivity index (χ0v) is 23.3. The molecule has 0 spiro atoms. The summed E-state index contributed by atoms with van der Waals surface area (Å²) < 4.78 is 28.7. The molecule has 0 radical (unpaired) electrons. The van der Waals surface area contributed by atoms with Gasteiger partial charge in [0.05, 0.1) is 11.7 Å². The van der Waals surface area contributed by atoms with Gasteiger partial charge in [-0.15, -0.1) is 0 Å². The molecule has 2 aliphatic rings. The van der Waals surface area contributed by atoms with Gasteiger partial charge in [-0.05, 0) is 59.3 Å². The normalized spacial score (nSPS) is 32.4. The average Bonchev–Trinajstić information content (AvgIpc) is 2.74. The van der Waals surface area contributed by atoms with E-state index in [1.807, 2.05) is 20.8 Å². The smallest absolute Gasteiger partial charge is 0.303 e. The van der Waals surface area contributed by atoms with Crippen molar-refractivity contribution in [2.24, 2.45) is 11.3 Å². The highest BCUT2D eigenvalue weighted by molar-refractivity contribution is 5.85. The maximum Gasteiger partial charge on any atom is 0.303 e. The van der Waals surface area contributed by atoms with Crippen molar-refractivity contribution in [3.63, 3.8) is 0 Å². The van der Waals surface area contributed by atoms with Gasteiger partial charge in [0.15, 0.2) is 24.6 Å². The second-order valence-corrected chi connectivity index (χ2v) is 11.1. The molecule has 10 heteroatoms. The zero-order valence-electron chi connectivity index (χ0n) is 23.3. The molecule has 0 N–H and O–H groups in total. The van der Waals surface area contributed by atoms with Gasteiger partial charge in [-0.25, -0.2) is 0 Å². The Hall–Kier alpha value is -2.33. The van der Waals surface area contributed by atoms with Gasteiger partial charge in [-0.2, -0.15) is 0 Å². The second-order valence-electron chi connectivity index (χ2n) is 11.1. The first kappa shape index (κ1) is 30.9. The maximum atomic E-state index is 13.2. The molecule has 10 nitrogen and oxygen atoms in total. The van der Waals surface area contributed by atoms with E-state index in [0.29, 0.717) is 32.1 Å². The molecule has 210 valence electrons. The van der Waals surface area contributed by atoms with Crippen molar-refractivity contribution in [3.05, 3.63) is 0 Å². The monoisotopic (exact) mass is 526 g/mol. The molecule has 2 fully saturated rings. The topological polar surface area (TPSA) is 132 Å². The lowest BCUT2D eigenvalue weighted by Gasteiger charge is -2.48. The molecule has 1 aliphatic carbocycles. The minimum Gasteiger partial charge on any atom is -0.456 e. The molecule has 0 amide bonds. The Labute approximate surface area is 219 Å². The van der Waals surface area contributed by atoms with E-state index < -0.39 is 59.6 Å². The van der Waals surface area contributed by atoms with Crippen LogP contribution in [-0.2, 0) is 47.7 Å². The van der Waals surface area contributed by atoms with E-state index in [-0.39, 0.29) is 17.5 Å². The van der Waals surface area contributed by atoms with Crippen molar-refractivity contribution in [2.75, 3.05) is 0 Å². The van der Waals surface area contributed by atoms with E-state index in [1.54, 1.807) is 13.8 Å². The van der Waals surface area contributed by atoms with Crippen molar-refractivity contribution in [1.29, 1.82) is 0 Å². The molecule has 0 aromatic heterocycles. The summed E-state index contributed by atoms with van der Waals surface area (Å²) >= 11 is 0. The summed E-state index contributed by atoms with van der Waals surface area (Å²) in [5, 5.41) is 0. The molecule has 1 heterocycles. The number of Topliss-reactive ketones (excluding diaryl/α,β-unsaturated/α-hetero) is 2. The second kappa shape index (κ2) is 12.5. The molecule has 37 heavy (non-hydrogen) atoms. The lowest BCUT2D eigenvalue weighted by molar-refractivity contribution is -0.326. The molecular weight excluding hydrogens is 484 g/mol. The lowest BCUT2D eigenvalue weighted by Crippen LogP contribution is -2.62. The van der Waals surface area contributed by atoms with Crippen molar-refractivity contribution in [3.8, 4) is 0 Å². The number of carbonyl (C=O) groups excluding carboxylic acids is 5. The van der Waals surface area contributed by atoms with Crippen molar-refractivity contribution in [1.82, 2.24) is 0 Å². The Bertz CT molecular complexity index is 880. The summed E-state index contributed by atoms with van der Waals surface area (Å²) in [6.07, 6.45) is -1.73. The first-order valence-electron chi connectivity index (χ1n) is 12.9. The van der Waals surface area contributed by atoms with Gasteiger partial charge < -0.3 is 28.5 Å². The van der Waals surface area contributed by atoms with E-state index in [9.17, 15) is 24.0 Å². The Morgan fingerprint density at radius 1 is 0.946 bits per heavy atom. The van der Waals surface area contributed by atoms with Gasteiger partial charge >= 0.3 is 17.9 Å². The van der Waals surface area contributed by atoms with Gasteiger partial charge in [0.25, 0.3) is 0 Å². The first-order valence-corrected chi connectivity index (χ1v) is 12.9. The Morgan fingerprint density at radius 2 is 1.49 bits per heavy atom. The predicted molar refractivity (Wildman–Crippen MR) is 131 cm³/mol. The Balaban J connectivity index is 2.22. The Kier molecular flexibility index (Phi) is 10.4. The van der Waals surface area contributed by atoms with Crippen LogP contribution in [0.1, 0.15) is 93.9 Å². The largest absolute Gasteiger partial charge is 0.456 e. The fourth-order valence-corrected chi connectivity index (χ4v) is 5.25. The number of hydrogen-bond donors (Lipinski definition) is 0. The van der Waals surface area contributed by atoms with Crippen LogP contribution < -0.4 is 0 Å². The highest BCUT2D eigenvalue weighted by Crippen LogP contribution is 2.45. The maximum absolute atomic E-state index is 13.2. The fraction of sp³-hybridized carbons (Fsp3) is 0.815. The van der Waals surface area contributed by atoms with E-state index in [2.05, 4.69) is 0 Å². The third-order valence-corrected chi connectivity index (χ3v) is 7.44. The summed E-state index contributed by atoms with van der Waals surface area (Å²) in [4.78, 5) is 60.1. The van der Waals surface area contributed by atoms with E-state index in [4.69, 9.17) is 23.7 Å². The van der Waals surface area contributed by atoms with Crippen molar-refractivity contribution < 1.29 is 47.7 Å². The van der Waals surface area contributed by atoms with E-state index in [1.165, 1.54) is 20.8 Å². The molecule has 0 bridgehead atoms. The lowest BCUT2D eigenvalue weighted by atomic mass is 9.65. The molecule has 1 aliphatic heterocycles. The highest BCUT2D eigenvalue weighted by atomic mass is 16.7. The number of hydrogen-bond acceptors (Lipinski definition) is 10. The van der Waals surface area contributed by atoms with Gasteiger partial charge in [-0.3, -0.25) is 19.2 Å². The van der Waals surface area contributed by atoms with Crippen LogP contribution in [0.25, 0.3) is 0 Å². The molecule has 1 saturated carbocycles. The third kappa shape index (κ3) is 8.33. The van der Waals surface area contributed by atoms with Crippen molar-refractivity contribution in [2.45, 2.75) is 130 Å². The number of esters is 3. The van der Waals surface area contributed by atoms with E-state index >= 15 is 0 Å². The minimum absolute atomic E-state index is 0.117. The third-order valence-electron chi connectivity index (χ3n) is 7.44. The summed E-state index contributed by atoms with van der Waals surface area (Å²) in [6, 6.07) is 0. The van der Waals surface area contributed by atoms with Crippen LogP contribution in [0.3, 0.4) is 0 Å². The molecule has 0 unspecified atom stereocenters. The van der Waals surface area contributed by atoms with Crippen LogP contribution in [-0.4, -0.2) is 65.8 Å². The van der Waals surface area contributed by atoms with Gasteiger partial charge in [0, 0.05) is 39.0 Å².